The minimum absolute atomic E-state index is 0.0744. The number of fused-ring (bicyclic) bond motifs is 3. The van der Waals surface area contributed by atoms with Gasteiger partial charge in [0.05, 0.1) is 16.0 Å². The number of hydrogen-bond acceptors (Lipinski definition) is 6. The van der Waals surface area contributed by atoms with E-state index in [-0.39, 0.29) is 16.7 Å². The molecular formula is C15H11ClN6O2. The molecule has 0 unspecified atom stereocenters. The predicted octanol–water partition coefficient (Wildman–Crippen LogP) is 2.89. The lowest BCUT2D eigenvalue weighted by Gasteiger charge is -2.23. The molecule has 2 aromatic carbocycles. The van der Waals surface area contributed by atoms with Crippen molar-refractivity contribution < 1.29 is 4.92 Å². The molecule has 0 spiro atoms. The summed E-state index contributed by atoms with van der Waals surface area (Å²) >= 11 is 5.90. The third kappa shape index (κ3) is 2.16. The van der Waals surface area contributed by atoms with Gasteiger partial charge in [-0.15, -0.1) is 0 Å². The Morgan fingerprint density at radius 3 is 2.88 bits per heavy atom. The lowest BCUT2D eigenvalue weighted by molar-refractivity contribution is -0.384. The molecule has 0 aliphatic carbocycles. The van der Waals surface area contributed by atoms with Crippen LogP contribution in [0.3, 0.4) is 0 Å². The molecule has 3 N–H and O–H groups in total. The molecule has 4 rings (SSSR count). The summed E-state index contributed by atoms with van der Waals surface area (Å²) in [7, 11) is 0. The first-order valence-corrected chi connectivity index (χ1v) is 7.43. The van der Waals surface area contributed by atoms with E-state index >= 15 is 0 Å². The van der Waals surface area contributed by atoms with E-state index in [4.69, 9.17) is 17.3 Å². The van der Waals surface area contributed by atoms with Gasteiger partial charge in [-0.3, -0.25) is 20.0 Å². The third-order valence-electron chi connectivity index (χ3n) is 3.81. The van der Waals surface area contributed by atoms with Crippen LogP contribution >= 0.6 is 11.6 Å². The number of anilines is 1. The van der Waals surface area contributed by atoms with Gasteiger partial charge in [0, 0.05) is 11.6 Å². The normalized spacial score (nSPS) is 16.4. The number of hydrogen-bond donors (Lipinski definition) is 2. The van der Waals surface area contributed by atoms with Crippen molar-refractivity contribution in [1.82, 2.24) is 9.55 Å². The van der Waals surface area contributed by atoms with Crippen molar-refractivity contribution in [3.05, 3.63) is 63.2 Å². The van der Waals surface area contributed by atoms with Gasteiger partial charge in [-0.25, -0.2) is 9.98 Å². The van der Waals surface area contributed by atoms with Gasteiger partial charge in [-0.05, 0) is 18.2 Å². The van der Waals surface area contributed by atoms with E-state index in [1.807, 2.05) is 28.8 Å². The lowest BCUT2D eigenvalue weighted by atomic mass is 10.1. The standard InChI is InChI=1S/C15H11ClN6O2/c16-9-6-5-8(7-12(9)22(23)24)13-19-14(17)20-15-18-10-3-1-2-4-11(10)21(13)15/h1-7,13H,(H3,17,18,19,20)/t13-/m1/s1. The molecule has 1 aliphatic rings. The number of halogens is 1. The summed E-state index contributed by atoms with van der Waals surface area (Å²) in [5, 5.41) is 14.2. The van der Waals surface area contributed by atoms with Gasteiger partial charge in [0.1, 0.15) is 5.02 Å². The van der Waals surface area contributed by atoms with Crippen molar-refractivity contribution in [2.75, 3.05) is 5.32 Å². The van der Waals surface area contributed by atoms with Crippen molar-refractivity contribution >= 4 is 40.2 Å². The first-order valence-electron chi connectivity index (χ1n) is 7.05. The Morgan fingerprint density at radius 2 is 2.08 bits per heavy atom. The zero-order chi connectivity index (χ0) is 16.8. The van der Waals surface area contributed by atoms with E-state index in [0.29, 0.717) is 11.5 Å². The van der Waals surface area contributed by atoms with E-state index in [0.717, 1.165) is 11.0 Å². The summed E-state index contributed by atoms with van der Waals surface area (Å²) in [4.78, 5) is 19.5. The Kier molecular flexibility index (Phi) is 3.14. The highest BCUT2D eigenvalue weighted by atomic mass is 35.5. The summed E-state index contributed by atoms with van der Waals surface area (Å²) in [5.74, 6) is 0.728. The van der Waals surface area contributed by atoms with Crippen molar-refractivity contribution in [3.63, 3.8) is 0 Å². The lowest BCUT2D eigenvalue weighted by Crippen LogP contribution is -2.31. The molecule has 0 saturated heterocycles. The number of nitro groups is 1. The van der Waals surface area contributed by atoms with Crippen LogP contribution in [0.4, 0.5) is 11.6 Å². The number of nitrogens with one attached hydrogen (secondary N) is 1. The number of guanidine groups is 1. The smallest absolute Gasteiger partial charge is 0.288 e. The quantitative estimate of drug-likeness (QED) is 0.549. The van der Waals surface area contributed by atoms with Crippen LogP contribution in [-0.2, 0) is 0 Å². The average molecular weight is 343 g/mol. The summed E-state index contributed by atoms with van der Waals surface area (Å²) in [6.07, 6.45) is -0.565. The van der Waals surface area contributed by atoms with Crippen molar-refractivity contribution in [3.8, 4) is 0 Å². The Bertz CT molecular complexity index is 1010. The number of imidazole rings is 1. The fourth-order valence-corrected chi connectivity index (χ4v) is 2.96. The summed E-state index contributed by atoms with van der Waals surface area (Å²) in [6.45, 7) is 0. The van der Waals surface area contributed by atoms with Gasteiger partial charge in [-0.1, -0.05) is 29.8 Å². The molecular weight excluding hydrogens is 332 g/mol. The molecule has 2 heterocycles. The second-order valence-electron chi connectivity index (χ2n) is 5.28. The number of para-hydroxylation sites is 2. The van der Waals surface area contributed by atoms with Gasteiger partial charge >= 0.3 is 0 Å². The van der Waals surface area contributed by atoms with Crippen molar-refractivity contribution in [2.45, 2.75) is 6.17 Å². The van der Waals surface area contributed by atoms with Crippen LogP contribution in [0.25, 0.3) is 11.0 Å². The zero-order valence-corrected chi connectivity index (χ0v) is 12.9. The molecule has 8 nitrogen and oxygen atoms in total. The summed E-state index contributed by atoms with van der Waals surface area (Å²) < 4.78 is 1.85. The molecule has 1 aliphatic heterocycles. The highest BCUT2D eigenvalue weighted by Gasteiger charge is 2.26. The van der Waals surface area contributed by atoms with Crippen LogP contribution in [0.5, 0.6) is 0 Å². The molecule has 0 saturated carbocycles. The van der Waals surface area contributed by atoms with Gasteiger partial charge in [0.25, 0.3) is 5.69 Å². The fourth-order valence-electron chi connectivity index (χ4n) is 2.77. The number of rotatable bonds is 2. The number of nitro benzene ring substituents is 1. The van der Waals surface area contributed by atoms with E-state index in [1.165, 1.54) is 12.1 Å². The number of aromatic nitrogens is 2. The van der Waals surface area contributed by atoms with Crippen molar-refractivity contribution in [1.29, 1.82) is 0 Å². The Labute approximate surface area is 140 Å². The highest BCUT2D eigenvalue weighted by Crippen LogP contribution is 2.35. The van der Waals surface area contributed by atoms with E-state index in [9.17, 15) is 10.1 Å². The minimum atomic E-state index is -0.565. The molecule has 24 heavy (non-hydrogen) atoms. The topological polar surface area (TPSA) is 111 Å². The van der Waals surface area contributed by atoms with Gasteiger partial charge < -0.3 is 5.73 Å². The maximum Gasteiger partial charge on any atom is 0.288 e. The van der Waals surface area contributed by atoms with Crippen LogP contribution in [0.2, 0.25) is 5.02 Å². The van der Waals surface area contributed by atoms with E-state index in [2.05, 4.69) is 15.3 Å². The van der Waals surface area contributed by atoms with Gasteiger partial charge in [0.2, 0.25) is 5.95 Å². The molecule has 3 aromatic rings. The van der Waals surface area contributed by atoms with Crippen LogP contribution < -0.4 is 11.1 Å². The maximum atomic E-state index is 11.2. The second-order valence-corrected chi connectivity index (χ2v) is 5.68. The summed E-state index contributed by atoms with van der Waals surface area (Å²) in [6, 6.07) is 12.1. The van der Waals surface area contributed by atoms with Crippen molar-refractivity contribution in [2.24, 2.45) is 10.7 Å². The first kappa shape index (κ1) is 14.5. The third-order valence-corrected chi connectivity index (χ3v) is 4.13. The molecule has 120 valence electrons. The molecule has 0 bridgehead atoms. The van der Waals surface area contributed by atoms with Crippen LogP contribution in [0.1, 0.15) is 11.7 Å². The number of nitrogens with two attached hydrogens (primary N) is 1. The van der Waals surface area contributed by atoms with E-state index in [1.54, 1.807) is 6.07 Å². The number of benzene rings is 2. The number of aliphatic imine (C=N–C) groups is 1. The monoisotopic (exact) mass is 342 g/mol. The second kappa shape index (κ2) is 5.20. The Hall–Kier alpha value is -3.13. The first-order chi connectivity index (χ1) is 11.5. The highest BCUT2D eigenvalue weighted by molar-refractivity contribution is 6.32. The summed E-state index contributed by atoms with van der Waals surface area (Å²) in [5.41, 5.74) is 7.90. The fraction of sp³-hybridized carbons (Fsp3) is 0.0667. The van der Waals surface area contributed by atoms with Crippen LogP contribution in [0.15, 0.2) is 47.5 Å². The van der Waals surface area contributed by atoms with Gasteiger partial charge in [-0.2, -0.15) is 0 Å². The average Bonchev–Trinajstić information content (AvgIpc) is 2.92. The van der Waals surface area contributed by atoms with E-state index < -0.39 is 11.1 Å². The van der Waals surface area contributed by atoms with Crippen LogP contribution in [0, 0.1) is 10.1 Å². The van der Waals surface area contributed by atoms with Crippen LogP contribution in [-0.4, -0.2) is 20.4 Å². The largest absolute Gasteiger partial charge is 0.370 e. The Balaban J connectivity index is 1.94. The molecule has 1 aromatic heterocycles. The molecule has 1 atom stereocenters. The maximum absolute atomic E-state index is 11.2. The molecule has 0 radical (unpaired) electrons. The minimum Gasteiger partial charge on any atom is -0.370 e. The predicted molar refractivity (Wildman–Crippen MR) is 91.2 cm³/mol. The Morgan fingerprint density at radius 1 is 1.29 bits per heavy atom. The molecule has 9 heteroatoms. The number of nitrogens with zero attached hydrogens (tertiary/aromatic N) is 4. The SMILES string of the molecule is NC1=N[C@@H](c2ccc(Cl)c([N+](=O)[O-])c2)n2c(nc3ccccc32)N1. The molecule has 0 amide bonds. The molecule has 0 fully saturated rings. The van der Waals surface area contributed by atoms with Gasteiger partial charge in [0.15, 0.2) is 12.1 Å². The zero-order valence-electron chi connectivity index (χ0n) is 12.2.